The lowest BCUT2D eigenvalue weighted by Gasteiger charge is -2.26. The van der Waals surface area contributed by atoms with Crippen LogP contribution in [0.2, 0.25) is 0 Å². The average Bonchev–Trinajstić information content (AvgIpc) is 3.24. The van der Waals surface area contributed by atoms with E-state index in [0.717, 1.165) is 34.1 Å². The predicted molar refractivity (Wildman–Crippen MR) is 127 cm³/mol. The van der Waals surface area contributed by atoms with Gasteiger partial charge in [0.15, 0.2) is 9.84 Å². The maximum atomic E-state index is 12.9. The minimum atomic E-state index is -3.32. The Kier molecular flexibility index (Phi) is 5.28. The van der Waals surface area contributed by atoms with Gasteiger partial charge < -0.3 is 15.5 Å². The first-order chi connectivity index (χ1) is 15.4. The summed E-state index contributed by atoms with van der Waals surface area (Å²) in [4.78, 5) is 24.8. The molecule has 3 heterocycles. The molecular formula is C22H21N5O3S2. The Bertz CT molecular complexity index is 1440. The normalized spacial score (nSPS) is 14.7. The number of amides is 1. The fraction of sp³-hybridized carbons (Fsp3) is 0.227. The molecule has 10 heteroatoms. The van der Waals surface area contributed by atoms with Crippen LogP contribution in [0.4, 0.5) is 11.6 Å². The molecule has 0 radical (unpaired) electrons. The molecule has 1 aliphatic rings. The standard InChI is InChI=1S/C22H21N5O3S2/c1-32(29,30)16-4-2-3-15(11-16)25-22-24-13-14-5-6-18-17(20(14)26-22)12-19(31-18)21(28)27-9-7-23-8-10-27/h2-6,11-13,23H,7-10H2,1H3,(H,24,25,26). The van der Waals surface area contributed by atoms with Gasteiger partial charge in [-0.25, -0.2) is 18.4 Å². The van der Waals surface area contributed by atoms with Crippen LogP contribution < -0.4 is 10.6 Å². The third kappa shape index (κ3) is 4.04. The maximum absolute atomic E-state index is 12.9. The number of hydrogen-bond acceptors (Lipinski definition) is 8. The third-order valence-electron chi connectivity index (χ3n) is 5.38. The van der Waals surface area contributed by atoms with Gasteiger partial charge in [0.1, 0.15) is 0 Å². The molecule has 2 N–H and O–H groups in total. The smallest absolute Gasteiger partial charge is 0.264 e. The minimum Gasteiger partial charge on any atom is -0.335 e. The number of hydrogen-bond donors (Lipinski definition) is 2. The number of thiophene rings is 1. The van der Waals surface area contributed by atoms with Crippen LogP contribution in [0.25, 0.3) is 21.0 Å². The number of sulfone groups is 1. The first-order valence-electron chi connectivity index (χ1n) is 10.1. The zero-order valence-corrected chi connectivity index (χ0v) is 19.0. The number of carbonyl (C=O) groups excluding carboxylic acids is 1. The summed E-state index contributed by atoms with van der Waals surface area (Å²) >= 11 is 1.47. The van der Waals surface area contributed by atoms with Gasteiger partial charge in [-0.3, -0.25) is 4.79 Å². The number of aromatic nitrogens is 2. The van der Waals surface area contributed by atoms with Crippen LogP contribution in [0.1, 0.15) is 9.67 Å². The number of rotatable bonds is 4. The van der Waals surface area contributed by atoms with E-state index in [1.54, 1.807) is 30.5 Å². The second-order valence-electron chi connectivity index (χ2n) is 7.69. The van der Waals surface area contributed by atoms with Gasteiger partial charge in [-0.15, -0.1) is 11.3 Å². The van der Waals surface area contributed by atoms with Crippen molar-refractivity contribution in [3.8, 4) is 0 Å². The Hall–Kier alpha value is -3.08. The van der Waals surface area contributed by atoms with Crippen LogP contribution in [0.3, 0.4) is 0 Å². The van der Waals surface area contributed by atoms with Crippen molar-refractivity contribution in [2.45, 2.75) is 4.90 Å². The molecule has 1 amide bonds. The molecule has 32 heavy (non-hydrogen) atoms. The topological polar surface area (TPSA) is 104 Å². The van der Waals surface area contributed by atoms with Crippen LogP contribution in [-0.2, 0) is 9.84 Å². The minimum absolute atomic E-state index is 0.0471. The highest BCUT2D eigenvalue weighted by molar-refractivity contribution is 7.90. The Morgan fingerprint density at radius 1 is 1.16 bits per heavy atom. The highest BCUT2D eigenvalue weighted by atomic mass is 32.2. The predicted octanol–water partition coefficient (Wildman–Crippen LogP) is 3.04. The van der Waals surface area contributed by atoms with E-state index >= 15 is 0 Å². The molecule has 2 aromatic carbocycles. The number of fused-ring (bicyclic) bond motifs is 3. The largest absolute Gasteiger partial charge is 0.335 e. The first kappa shape index (κ1) is 20.8. The average molecular weight is 468 g/mol. The van der Waals surface area contributed by atoms with E-state index in [-0.39, 0.29) is 10.8 Å². The molecular weight excluding hydrogens is 446 g/mol. The van der Waals surface area contributed by atoms with Gasteiger partial charge in [0.2, 0.25) is 5.95 Å². The highest BCUT2D eigenvalue weighted by Crippen LogP contribution is 2.32. The number of anilines is 2. The fourth-order valence-electron chi connectivity index (χ4n) is 3.73. The van der Waals surface area contributed by atoms with Crippen molar-refractivity contribution in [3.05, 3.63) is 53.5 Å². The number of piperazine rings is 1. The summed E-state index contributed by atoms with van der Waals surface area (Å²) < 4.78 is 24.7. The molecule has 0 unspecified atom stereocenters. The molecule has 0 aliphatic carbocycles. The summed E-state index contributed by atoms with van der Waals surface area (Å²) in [6, 6.07) is 12.4. The van der Waals surface area contributed by atoms with Crippen molar-refractivity contribution in [2.75, 3.05) is 37.8 Å². The molecule has 0 saturated carbocycles. The Balaban J connectivity index is 1.50. The molecule has 5 rings (SSSR count). The van der Waals surface area contributed by atoms with Gasteiger partial charge in [-0.2, -0.15) is 0 Å². The fourth-order valence-corrected chi connectivity index (χ4v) is 5.43. The van der Waals surface area contributed by atoms with Crippen LogP contribution in [-0.4, -0.2) is 61.6 Å². The number of nitrogens with zero attached hydrogens (tertiary/aromatic N) is 3. The van der Waals surface area contributed by atoms with Gasteiger partial charge in [0, 0.05) is 59.8 Å². The summed E-state index contributed by atoms with van der Waals surface area (Å²) in [7, 11) is -3.32. The molecule has 0 atom stereocenters. The van der Waals surface area contributed by atoms with E-state index in [1.807, 2.05) is 23.1 Å². The van der Waals surface area contributed by atoms with Crippen LogP contribution in [0, 0.1) is 0 Å². The summed E-state index contributed by atoms with van der Waals surface area (Å²) in [5.41, 5.74) is 1.33. The number of nitrogens with one attached hydrogen (secondary N) is 2. The van der Waals surface area contributed by atoms with Crippen LogP contribution >= 0.6 is 11.3 Å². The maximum Gasteiger partial charge on any atom is 0.264 e. The quantitative estimate of drug-likeness (QED) is 0.475. The summed E-state index contributed by atoms with van der Waals surface area (Å²) in [5, 5.41) is 8.12. The summed E-state index contributed by atoms with van der Waals surface area (Å²) in [6.07, 6.45) is 2.89. The molecule has 1 saturated heterocycles. The van der Waals surface area contributed by atoms with Crippen LogP contribution in [0.15, 0.2) is 53.6 Å². The summed E-state index contributed by atoms with van der Waals surface area (Å²) in [6.45, 7) is 3.03. The Labute approximate surface area is 189 Å². The van der Waals surface area contributed by atoms with Crippen molar-refractivity contribution in [1.82, 2.24) is 20.2 Å². The first-order valence-corrected chi connectivity index (χ1v) is 12.9. The zero-order valence-electron chi connectivity index (χ0n) is 17.3. The number of benzene rings is 2. The van der Waals surface area contributed by atoms with Crippen LogP contribution in [0.5, 0.6) is 0 Å². The number of carbonyl (C=O) groups is 1. The molecule has 1 fully saturated rings. The third-order valence-corrected chi connectivity index (χ3v) is 7.58. The van der Waals surface area contributed by atoms with Gasteiger partial charge >= 0.3 is 0 Å². The molecule has 0 bridgehead atoms. The Morgan fingerprint density at radius 2 is 1.97 bits per heavy atom. The SMILES string of the molecule is CS(=O)(=O)c1cccc(Nc2ncc3ccc4sc(C(=O)N5CCNCC5)cc4c3n2)c1. The van der Waals surface area contributed by atoms with Crippen molar-refractivity contribution in [3.63, 3.8) is 0 Å². The molecule has 1 aliphatic heterocycles. The molecule has 0 spiro atoms. The Morgan fingerprint density at radius 3 is 2.75 bits per heavy atom. The van der Waals surface area contributed by atoms with E-state index in [9.17, 15) is 13.2 Å². The monoisotopic (exact) mass is 467 g/mol. The molecule has 164 valence electrons. The second-order valence-corrected chi connectivity index (χ2v) is 10.8. The van der Waals surface area contributed by atoms with E-state index in [1.165, 1.54) is 17.6 Å². The van der Waals surface area contributed by atoms with Crippen molar-refractivity contribution in [2.24, 2.45) is 0 Å². The second kappa shape index (κ2) is 8.12. The van der Waals surface area contributed by atoms with Crippen molar-refractivity contribution in [1.29, 1.82) is 0 Å². The van der Waals surface area contributed by atoms with Gasteiger partial charge in [0.05, 0.1) is 15.3 Å². The van der Waals surface area contributed by atoms with Crippen molar-refractivity contribution >= 4 is 59.7 Å². The van der Waals surface area contributed by atoms with E-state index in [0.29, 0.717) is 29.6 Å². The lowest BCUT2D eigenvalue weighted by molar-refractivity contribution is 0.0741. The molecule has 8 nitrogen and oxygen atoms in total. The van der Waals surface area contributed by atoms with Gasteiger partial charge in [0.25, 0.3) is 5.91 Å². The lowest BCUT2D eigenvalue weighted by atomic mass is 10.1. The highest BCUT2D eigenvalue weighted by Gasteiger charge is 2.21. The zero-order chi connectivity index (χ0) is 22.3. The van der Waals surface area contributed by atoms with Gasteiger partial charge in [-0.05, 0) is 36.4 Å². The van der Waals surface area contributed by atoms with E-state index < -0.39 is 9.84 Å². The van der Waals surface area contributed by atoms with E-state index in [2.05, 4.69) is 20.6 Å². The van der Waals surface area contributed by atoms with Gasteiger partial charge in [-0.1, -0.05) is 6.07 Å². The van der Waals surface area contributed by atoms with Crippen molar-refractivity contribution < 1.29 is 13.2 Å². The molecule has 2 aromatic heterocycles. The summed E-state index contributed by atoms with van der Waals surface area (Å²) in [5.74, 6) is 0.405. The molecule has 4 aromatic rings. The lowest BCUT2D eigenvalue weighted by Crippen LogP contribution is -2.46. The van der Waals surface area contributed by atoms with E-state index in [4.69, 9.17) is 0 Å².